The van der Waals surface area contributed by atoms with Gasteiger partial charge in [-0.05, 0) is 24.6 Å². The van der Waals surface area contributed by atoms with Gasteiger partial charge in [-0.1, -0.05) is 11.6 Å². The number of carbonyl (C=O) groups excluding carboxylic acids is 1. The maximum absolute atomic E-state index is 13.1. The number of urea groups is 1. The number of hydrogen-bond donors (Lipinski definition) is 1. The van der Waals surface area contributed by atoms with Gasteiger partial charge in [0, 0.05) is 23.8 Å². The van der Waals surface area contributed by atoms with Gasteiger partial charge in [0.1, 0.15) is 5.82 Å². The Hall–Kier alpha value is -1.29. The zero-order chi connectivity index (χ0) is 10.8. The smallest absolute Gasteiger partial charge is 0.321 e. The number of carbonyl (C=O) groups is 1. The lowest BCUT2D eigenvalue weighted by molar-refractivity contribution is 0.243. The Morgan fingerprint density at radius 2 is 2.20 bits per heavy atom. The van der Waals surface area contributed by atoms with E-state index in [9.17, 15) is 9.18 Å². The van der Waals surface area contributed by atoms with E-state index >= 15 is 0 Å². The molecule has 0 aromatic heterocycles. The summed E-state index contributed by atoms with van der Waals surface area (Å²) in [4.78, 5) is 13.0. The van der Waals surface area contributed by atoms with E-state index in [1.165, 1.54) is 17.0 Å². The van der Waals surface area contributed by atoms with Gasteiger partial charge in [-0.15, -0.1) is 0 Å². The summed E-state index contributed by atoms with van der Waals surface area (Å²) < 4.78 is 13.1. The standard InChI is InChI=1S/C10H10ClFN2O/c11-7-4-8(12)6-9(5-7)14-3-1-2-13-10(14)15/h4-6H,1-3H2,(H,13,15). The molecule has 0 aliphatic carbocycles. The predicted octanol–water partition coefficient (Wildman–Crippen LogP) is 2.40. The molecule has 0 bridgehead atoms. The molecule has 2 rings (SSSR count). The van der Waals surface area contributed by atoms with Crippen LogP contribution in [0.5, 0.6) is 0 Å². The third-order valence-electron chi connectivity index (χ3n) is 2.24. The summed E-state index contributed by atoms with van der Waals surface area (Å²) in [6, 6.07) is 3.89. The molecule has 0 spiro atoms. The Morgan fingerprint density at radius 3 is 2.87 bits per heavy atom. The summed E-state index contributed by atoms with van der Waals surface area (Å²) in [6.07, 6.45) is 0.847. The minimum absolute atomic E-state index is 0.206. The number of nitrogens with one attached hydrogen (secondary N) is 1. The van der Waals surface area contributed by atoms with E-state index in [4.69, 9.17) is 11.6 Å². The molecule has 5 heteroatoms. The van der Waals surface area contributed by atoms with Gasteiger partial charge in [0.05, 0.1) is 0 Å². The SMILES string of the molecule is O=C1NCCCN1c1cc(F)cc(Cl)c1. The van der Waals surface area contributed by atoms with Crippen molar-refractivity contribution in [2.24, 2.45) is 0 Å². The van der Waals surface area contributed by atoms with Crippen LogP contribution in [0.2, 0.25) is 5.02 Å². The summed E-state index contributed by atoms with van der Waals surface area (Å²) in [7, 11) is 0. The summed E-state index contributed by atoms with van der Waals surface area (Å²) in [5, 5.41) is 2.99. The van der Waals surface area contributed by atoms with Crippen LogP contribution in [0.4, 0.5) is 14.9 Å². The number of halogens is 2. The van der Waals surface area contributed by atoms with E-state index in [-0.39, 0.29) is 6.03 Å². The quantitative estimate of drug-likeness (QED) is 0.787. The van der Waals surface area contributed by atoms with Crippen LogP contribution in [-0.2, 0) is 0 Å². The molecule has 2 amide bonds. The molecule has 1 aliphatic heterocycles. The summed E-state index contributed by atoms with van der Waals surface area (Å²) in [6.45, 7) is 1.25. The number of nitrogens with zero attached hydrogens (tertiary/aromatic N) is 1. The molecule has 0 unspecified atom stereocenters. The maximum atomic E-state index is 13.1. The molecule has 15 heavy (non-hydrogen) atoms. The van der Waals surface area contributed by atoms with Crippen molar-refractivity contribution in [3.63, 3.8) is 0 Å². The van der Waals surface area contributed by atoms with Gasteiger partial charge in [0.25, 0.3) is 0 Å². The van der Waals surface area contributed by atoms with Crippen molar-refractivity contribution >= 4 is 23.3 Å². The first-order chi connectivity index (χ1) is 7.16. The largest absolute Gasteiger partial charge is 0.338 e. The fourth-order valence-corrected chi connectivity index (χ4v) is 1.79. The van der Waals surface area contributed by atoms with E-state index in [0.29, 0.717) is 23.8 Å². The zero-order valence-electron chi connectivity index (χ0n) is 7.96. The van der Waals surface area contributed by atoms with Gasteiger partial charge in [0.2, 0.25) is 0 Å². The van der Waals surface area contributed by atoms with Crippen LogP contribution >= 0.6 is 11.6 Å². The molecule has 1 fully saturated rings. The van der Waals surface area contributed by atoms with Crippen molar-refractivity contribution in [1.82, 2.24) is 5.32 Å². The minimum atomic E-state index is -0.434. The van der Waals surface area contributed by atoms with Gasteiger partial charge in [-0.25, -0.2) is 9.18 Å². The second-order valence-electron chi connectivity index (χ2n) is 3.36. The molecular formula is C10H10ClFN2O. The highest BCUT2D eigenvalue weighted by Gasteiger charge is 2.19. The van der Waals surface area contributed by atoms with Crippen molar-refractivity contribution in [2.75, 3.05) is 18.0 Å². The molecule has 1 heterocycles. The van der Waals surface area contributed by atoms with Crippen molar-refractivity contribution < 1.29 is 9.18 Å². The summed E-state index contributed by atoms with van der Waals surface area (Å²) in [5.74, 6) is -0.434. The van der Waals surface area contributed by atoms with Gasteiger partial charge in [0.15, 0.2) is 0 Å². The van der Waals surface area contributed by atoms with Crippen LogP contribution in [0.1, 0.15) is 6.42 Å². The fraction of sp³-hybridized carbons (Fsp3) is 0.300. The molecule has 3 nitrogen and oxygen atoms in total. The highest BCUT2D eigenvalue weighted by Crippen LogP contribution is 2.22. The van der Waals surface area contributed by atoms with Crippen LogP contribution in [0.3, 0.4) is 0 Å². The molecule has 80 valence electrons. The molecule has 0 atom stereocenters. The second kappa shape index (κ2) is 4.06. The highest BCUT2D eigenvalue weighted by atomic mass is 35.5. The Kier molecular flexibility index (Phi) is 2.77. The Morgan fingerprint density at radius 1 is 1.40 bits per heavy atom. The van der Waals surface area contributed by atoms with Crippen LogP contribution < -0.4 is 10.2 Å². The average molecular weight is 229 g/mol. The Bertz CT molecular complexity index is 377. The van der Waals surface area contributed by atoms with Crippen LogP contribution in [-0.4, -0.2) is 19.1 Å². The van der Waals surface area contributed by atoms with E-state index in [2.05, 4.69) is 5.32 Å². The molecule has 1 N–H and O–H groups in total. The highest BCUT2D eigenvalue weighted by molar-refractivity contribution is 6.30. The fourth-order valence-electron chi connectivity index (χ4n) is 1.57. The first kappa shape index (κ1) is 10.2. The molecule has 0 radical (unpaired) electrons. The van der Waals surface area contributed by atoms with Gasteiger partial charge >= 0.3 is 6.03 Å². The average Bonchev–Trinajstić information content (AvgIpc) is 2.16. The van der Waals surface area contributed by atoms with Crippen molar-refractivity contribution in [3.8, 4) is 0 Å². The first-order valence-corrected chi connectivity index (χ1v) is 5.06. The predicted molar refractivity (Wildman–Crippen MR) is 56.8 cm³/mol. The van der Waals surface area contributed by atoms with E-state index in [1.807, 2.05) is 0 Å². The monoisotopic (exact) mass is 228 g/mol. The van der Waals surface area contributed by atoms with Gasteiger partial charge in [-0.2, -0.15) is 0 Å². The van der Waals surface area contributed by atoms with Gasteiger partial charge < -0.3 is 5.32 Å². The van der Waals surface area contributed by atoms with Crippen LogP contribution in [0.15, 0.2) is 18.2 Å². The number of hydrogen-bond acceptors (Lipinski definition) is 1. The maximum Gasteiger partial charge on any atom is 0.321 e. The number of anilines is 1. The number of benzene rings is 1. The third-order valence-corrected chi connectivity index (χ3v) is 2.46. The second-order valence-corrected chi connectivity index (χ2v) is 3.80. The normalized spacial score (nSPS) is 16.4. The molecule has 1 aromatic rings. The Labute approximate surface area is 91.8 Å². The Balaban J connectivity index is 2.31. The lowest BCUT2D eigenvalue weighted by Crippen LogP contribution is -2.46. The van der Waals surface area contributed by atoms with Crippen molar-refractivity contribution in [2.45, 2.75) is 6.42 Å². The first-order valence-electron chi connectivity index (χ1n) is 4.68. The van der Waals surface area contributed by atoms with Crippen LogP contribution in [0, 0.1) is 5.82 Å². The molecule has 1 saturated heterocycles. The third kappa shape index (κ3) is 2.21. The molecule has 1 aliphatic rings. The number of rotatable bonds is 1. The molecule has 0 saturated carbocycles. The number of amides is 2. The van der Waals surface area contributed by atoms with Crippen LogP contribution in [0.25, 0.3) is 0 Å². The molecular weight excluding hydrogens is 219 g/mol. The van der Waals surface area contributed by atoms with Crippen molar-refractivity contribution in [1.29, 1.82) is 0 Å². The lowest BCUT2D eigenvalue weighted by atomic mass is 10.2. The van der Waals surface area contributed by atoms with Crippen molar-refractivity contribution in [3.05, 3.63) is 29.0 Å². The van der Waals surface area contributed by atoms with E-state index in [0.717, 1.165) is 6.42 Å². The molecule has 1 aromatic carbocycles. The topological polar surface area (TPSA) is 32.3 Å². The van der Waals surface area contributed by atoms with E-state index in [1.54, 1.807) is 6.07 Å². The summed E-state index contributed by atoms with van der Waals surface area (Å²) >= 11 is 5.72. The minimum Gasteiger partial charge on any atom is -0.338 e. The van der Waals surface area contributed by atoms with E-state index < -0.39 is 5.82 Å². The zero-order valence-corrected chi connectivity index (χ0v) is 8.72. The lowest BCUT2D eigenvalue weighted by Gasteiger charge is -2.27. The summed E-state index contributed by atoms with van der Waals surface area (Å²) in [5.41, 5.74) is 0.497. The van der Waals surface area contributed by atoms with Gasteiger partial charge in [-0.3, -0.25) is 4.90 Å².